The van der Waals surface area contributed by atoms with E-state index in [9.17, 15) is 9.59 Å². The molecule has 0 radical (unpaired) electrons. The molecule has 4 rings (SSSR count). The molecule has 1 spiro atoms. The van der Waals surface area contributed by atoms with Crippen LogP contribution >= 0.6 is 27.3 Å². The highest BCUT2D eigenvalue weighted by Crippen LogP contribution is 2.39. The highest BCUT2D eigenvalue weighted by atomic mass is 79.9. The fourth-order valence-corrected chi connectivity index (χ4v) is 5.34. The lowest BCUT2D eigenvalue weighted by atomic mass is 9.73. The zero-order chi connectivity index (χ0) is 19.9. The Balaban J connectivity index is 1.57. The third-order valence-corrected chi connectivity index (χ3v) is 7.18. The van der Waals surface area contributed by atoms with Crippen molar-refractivity contribution in [3.63, 3.8) is 0 Å². The smallest absolute Gasteiger partial charge is 0.325 e. The molecule has 8 heteroatoms. The van der Waals surface area contributed by atoms with Crippen LogP contribution in [0.5, 0.6) is 5.75 Å². The van der Waals surface area contributed by atoms with E-state index >= 15 is 0 Å². The lowest BCUT2D eigenvalue weighted by Crippen LogP contribution is -2.53. The number of ether oxygens (including phenoxy) is 1. The summed E-state index contributed by atoms with van der Waals surface area (Å²) in [5.41, 5.74) is 0.843. The largest absolute Gasteiger partial charge is 0.496 e. The van der Waals surface area contributed by atoms with Crippen molar-refractivity contribution in [1.82, 2.24) is 15.2 Å². The maximum absolute atomic E-state index is 13.1. The van der Waals surface area contributed by atoms with Gasteiger partial charge in [0.2, 0.25) is 0 Å². The second kappa shape index (κ2) is 7.48. The first-order valence-electron chi connectivity index (χ1n) is 9.37. The van der Waals surface area contributed by atoms with Gasteiger partial charge >= 0.3 is 6.03 Å². The molecule has 2 heterocycles. The summed E-state index contributed by atoms with van der Waals surface area (Å²) in [7, 11) is 1.62. The van der Waals surface area contributed by atoms with E-state index in [2.05, 4.69) is 33.2 Å². The average Bonchev–Trinajstić information content (AvgIpc) is 3.24. The van der Waals surface area contributed by atoms with Crippen molar-refractivity contribution in [2.45, 2.75) is 44.7 Å². The number of benzene rings is 1. The van der Waals surface area contributed by atoms with Crippen molar-refractivity contribution in [2.75, 3.05) is 7.11 Å². The second-order valence-electron chi connectivity index (χ2n) is 7.43. The average molecular weight is 464 g/mol. The quantitative estimate of drug-likeness (QED) is 0.673. The third-order valence-electron chi connectivity index (χ3n) is 5.77. The molecule has 2 fully saturated rings. The SMILES string of the molecule is COc1ccc(Br)cc1-c1nc(CN2C(=O)NC3(CCCCC3C)C2=O)cs1. The second-order valence-corrected chi connectivity index (χ2v) is 9.20. The summed E-state index contributed by atoms with van der Waals surface area (Å²) in [6.07, 6.45) is 3.75. The summed E-state index contributed by atoms with van der Waals surface area (Å²) in [5, 5.41) is 5.68. The van der Waals surface area contributed by atoms with Crippen LogP contribution in [0, 0.1) is 5.92 Å². The Morgan fingerprint density at radius 3 is 2.96 bits per heavy atom. The molecule has 28 heavy (non-hydrogen) atoms. The highest BCUT2D eigenvalue weighted by molar-refractivity contribution is 9.10. The summed E-state index contributed by atoms with van der Waals surface area (Å²) in [6.45, 7) is 2.24. The number of thiazole rings is 1. The molecule has 2 atom stereocenters. The van der Waals surface area contributed by atoms with Crippen LogP contribution in [0.25, 0.3) is 10.6 Å². The number of urea groups is 1. The molecule has 2 aromatic rings. The van der Waals surface area contributed by atoms with E-state index in [-0.39, 0.29) is 24.4 Å². The van der Waals surface area contributed by atoms with Gasteiger partial charge in [-0.2, -0.15) is 0 Å². The van der Waals surface area contributed by atoms with Crippen LogP contribution in [0.15, 0.2) is 28.1 Å². The minimum atomic E-state index is -0.734. The van der Waals surface area contributed by atoms with Gasteiger partial charge in [-0.15, -0.1) is 11.3 Å². The number of amides is 3. The first-order valence-corrected chi connectivity index (χ1v) is 11.0. The maximum Gasteiger partial charge on any atom is 0.325 e. The minimum Gasteiger partial charge on any atom is -0.496 e. The number of imide groups is 1. The van der Waals surface area contributed by atoms with Gasteiger partial charge in [0, 0.05) is 9.85 Å². The van der Waals surface area contributed by atoms with Crippen LogP contribution in [-0.2, 0) is 11.3 Å². The number of nitrogens with zero attached hydrogens (tertiary/aromatic N) is 2. The van der Waals surface area contributed by atoms with Gasteiger partial charge in [-0.3, -0.25) is 9.69 Å². The Labute approximate surface area is 176 Å². The summed E-state index contributed by atoms with van der Waals surface area (Å²) < 4.78 is 6.37. The van der Waals surface area contributed by atoms with Crippen molar-refractivity contribution in [2.24, 2.45) is 5.92 Å². The number of hydrogen-bond acceptors (Lipinski definition) is 5. The van der Waals surface area contributed by atoms with Crippen LogP contribution in [0.1, 0.15) is 38.3 Å². The monoisotopic (exact) mass is 463 g/mol. The number of hydrogen-bond donors (Lipinski definition) is 1. The Kier molecular flexibility index (Phi) is 5.18. The Bertz CT molecular complexity index is 931. The number of aromatic nitrogens is 1. The van der Waals surface area contributed by atoms with Crippen molar-refractivity contribution in [3.05, 3.63) is 33.7 Å². The van der Waals surface area contributed by atoms with Gasteiger partial charge in [-0.25, -0.2) is 9.78 Å². The van der Waals surface area contributed by atoms with Gasteiger partial charge in [0.05, 0.1) is 24.9 Å². The van der Waals surface area contributed by atoms with E-state index in [1.807, 2.05) is 23.6 Å². The number of nitrogens with one attached hydrogen (secondary N) is 1. The topological polar surface area (TPSA) is 71.5 Å². The van der Waals surface area contributed by atoms with Crippen molar-refractivity contribution in [3.8, 4) is 16.3 Å². The molecule has 1 N–H and O–H groups in total. The molecule has 1 saturated carbocycles. The third kappa shape index (κ3) is 3.22. The molecular formula is C20H22BrN3O3S. The number of carbonyl (C=O) groups is 2. The zero-order valence-electron chi connectivity index (χ0n) is 15.8. The number of halogens is 1. The van der Waals surface area contributed by atoms with E-state index in [4.69, 9.17) is 4.74 Å². The van der Waals surface area contributed by atoms with Crippen LogP contribution in [0.4, 0.5) is 4.79 Å². The fourth-order valence-electron chi connectivity index (χ4n) is 4.15. The standard InChI is InChI=1S/C20H22BrN3O3S/c1-12-5-3-4-8-20(12)18(25)24(19(26)23-20)10-14-11-28-17(22-14)15-9-13(21)6-7-16(15)27-2/h6-7,9,11-12H,3-5,8,10H2,1-2H3,(H,23,26). The molecular weight excluding hydrogens is 442 g/mol. The lowest BCUT2D eigenvalue weighted by Gasteiger charge is -2.36. The molecule has 2 aliphatic rings. The predicted octanol–water partition coefficient (Wildman–Crippen LogP) is 4.58. The van der Waals surface area contributed by atoms with Gasteiger partial charge in [-0.05, 0) is 37.0 Å². The van der Waals surface area contributed by atoms with E-state index in [1.54, 1.807) is 7.11 Å². The Morgan fingerprint density at radius 2 is 2.21 bits per heavy atom. The minimum absolute atomic E-state index is 0.112. The summed E-state index contributed by atoms with van der Waals surface area (Å²) in [6, 6.07) is 5.43. The lowest BCUT2D eigenvalue weighted by molar-refractivity contribution is -0.134. The summed E-state index contributed by atoms with van der Waals surface area (Å²) in [5.74, 6) is 0.771. The van der Waals surface area contributed by atoms with Gasteiger partial charge in [0.1, 0.15) is 16.3 Å². The van der Waals surface area contributed by atoms with Crippen LogP contribution in [0.2, 0.25) is 0 Å². The van der Waals surface area contributed by atoms with Crippen molar-refractivity contribution in [1.29, 1.82) is 0 Å². The molecule has 1 aliphatic heterocycles. The first-order chi connectivity index (χ1) is 13.4. The first kappa shape index (κ1) is 19.4. The summed E-state index contributed by atoms with van der Waals surface area (Å²) >= 11 is 4.95. The van der Waals surface area contributed by atoms with Gasteiger partial charge in [0.25, 0.3) is 5.91 Å². The van der Waals surface area contributed by atoms with E-state index in [0.717, 1.165) is 40.1 Å². The molecule has 1 saturated heterocycles. The van der Waals surface area contributed by atoms with Crippen LogP contribution < -0.4 is 10.1 Å². The zero-order valence-corrected chi connectivity index (χ0v) is 18.2. The van der Waals surface area contributed by atoms with E-state index < -0.39 is 5.54 Å². The fraction of sp³-hybridized carbons (Fsp3) is 0.450. The molecule has 2 unspecified atom stereocenters. The Morgan fingerprint density at radius 1 is 1.39 bits per heavy atom. The van der Waals surface area contributed by atoms with Gasteiger partial charge in [-0.1, -0.05) is 35.7 Å². The summed E-state index contributed by atoms with van der Waals surface area (Å²) in [4.78, 5) is 31.7. The molecule has 1 aromatic heterocycles. The van der Waals surface area contributed by atoms with Crippen molar-refractivity contribution < 1.29 is 14.3 Å². The molecule has 3 amide bonds. The number of methoxy groups -OCH3 is 1. The van der Waals surface area contributed by atoms with Gasteiger partial charge < -0.3 is 10.1 Å². The molecule has 1 aromatic carbocycles. The highest BCUT2D eigenvalue weighted by Gasteiger charge is 2.54. The molecule has 148 valence electrons. The van der Waals surface area contributed by atoms with E-state index in [1.165, 1.54) is 16.2 Å². The maximum atomic E-state index is 13.1. The number of rotatable bonds is 4. The van der Waals surface area contributed by atoms with Crippen LogP contribution in [0.3, 0.4) is 0 Å². The molecule has 0 bridgehead atoms. The molecule has 6 nitrogen and oxygen atoms in total. The van der Waals surface area contributed by atoms with E-state index in [0.29, 0.717) is 12.1 Å². The molecule has 1 aliphatic carbocycles. The predicted molar refractivity (Wildman–Crippen MR) is 111 cm³/mol. The van der Waals surface area contributed by atoms with Gasteiger partial charge in [0.15, 0.2) is 0 Å². The number of carbonyl (C=O) groups excluding carboxylic acids is 2. The van der Waals surface area contributed by atoms with Crippen LogP contribution in [-0.4, -0.2) is 34.5 Å². The normalized spacial score (nSPS) is 24.7. The Hall–Kier alpha value is -1.93. The van der Waals surface area contributed by atoms with Crippen molar-refractivity contribution >= 4 is 39.2 Å².